The van der Waals surface area contributed by atoms with Gasteiger partial charge in [0.15, 0.2) is 5.82 Å². The molecule has 11 heteroatoms. The number of para-hydroxylation sites is 3. The summed E-state index contributed by atoms with van der Waals surface area (Å²) in [6.07, 6.45) is 0. The normalized spacial score (nSPS) is 14.3. The lowest BCUT2D eigenvalue weighted by Crippen LogP contribution is -2.31. The lowest BCUT2D eigenvalue weighted by atomic mass is 9.94. The third-order valence-corrected chi connectivity index (χ3v) is 6.20. The number of aromatic nitrogens is 3. The van der Waals surface area contributed by atoms with Gasteiger partial charge in [0.1, 0.15) is 17.5 Å². The molecule has 0 bridgehead atoms. The summed E-state index contributed by atoms with van der Waals surface area (Å²) in [5.41, 5.74) is 2.39. The fourth-order valence-electron chi connectivity index (χ4n) is 4.44. The van der Waals surface area contributed by atoms with Crippen molar-refractivity contribution in [3.8, 4) is 22.9 Å². The Bertz CT molecular complexity index is 1580. The van der Waals surface area contributed by atoms with E-state index >= 15 is 0 Å². The van der Waals surface area contributed by atoms with E-state index in [-0.39, 0.29) is 5.69 Å². The maximum absolute atomic E-state index is 13.8. The highest BCUT2D eigenvalue weighted by molar-refractivity contribution is 6.06. The summed E-state index contributed by atoms with van der Waals surface area (Å²) < 4.78 is 12.4. The number of nitrogens with one attached hydrogen (secondary N) is 2. The van der Waals surface area contributed by atoms with Crippen LogP contribution in [0.2, 0.25) is 0 Å². The Morgan fingerprint density at radius 1 is 1.03 bits per heavy atom. The predicted octanol–water partition coefficient (Wildman–Crippen LogP) is 4.80. The van der Waals surface area contributed by atoms with E-state index in [1.54, 1.807) is 61.2 Å². The van der Waals surface area contributed by atoms with Gasteiger partial charge < -0.3 is 20.1 Å². The number of nitrogens with zero attached hydrogens (tertiary/aromatic N) is 4. The molecule has 0 saturated heterocycles. The van der Waals surface area contributed by atoms with Gasteiger partial charge in [-0.15, -0.1) is 5.10 Å². The summed E-state index contributed by atoms with van der Waals surface area (Å²) in [6, 6.07) is 19.7. The smallest absolute Gasteiger partial charge is 0.269 e. The molecule has 1 unspecified atom stereocenters. The minimum absolute atomic E-state index is 0.102. The van der Waals surface area contributed by atoms with Gasteiger partial charge in [-0.2, -0.15) is 4.98 Å². The van der Waals surface area contributed by atoms with Gasteiger partial charge in [0.2, 0.25) is 5.95 Å². The molecule has 1 atom stereocenters. The van der Waals surface area contributed by atoms with Gasteiger partial charge in [-0.25, -0.2) is 4.68 Å². The van der Waals surface area contributed by atoms with Crippen LogP contribution in [0.4, 0.5) is 17.3 Å². The lowest BCUT2D eigenvalue weighted by molar-refractivity contribution is -0.384. The van der Waals surface area contributed by atoms with E-state index in [4.69, 9.17) is 14.6 Å². The third-order valence-electron chi connectivity index (χ3n) is 6.20. The molecule has 5 rings (SSSR count). The van der Waals surface area contributed by atoms with E-state index in [1.165, 1.54) is 19.2 Å². The number of ether oxygens (including phenoxy) is 2. The van der Waals surface area contributed by atoms with Crippen molar-refractivity contribution in [2.24, 2.45) is 0 Å². The summed E-state index contributed by atoms with van der Waals surface area (Å²) in [6.45, 7) is 1.75. The van der Waals surface area contributed by atoms with Crippen LogP contribution in [0.25, 0.3) is 11.4 Å². The number of hydrogen-bond donors (Lipinski definition) is 2. The van der Waals surface area contributed by atoms with Crippen molar-refractivity contribution in [2.75, 3.05) is 24.9 Å². The number of nitro benzene ring substituents is 1. The van der Waals surface area contributed by atoms with Crippen LogP contribution in [0.1, 0.15) is 18.5 Å². The number of benzene rings is 3. The molecule has 0 saturated carbocycles. The Labute approximate surface area is 217 Å². The number of fused-ring (bicyclic) bond motifs is 1. The van der Waals surface area contributed by atoms with Crippen molar-refractivity contribution in [1.29, 1.82) is 0 Å². The molecule has 2 heterocycles. The Hall–Kier alpha value is -5.19. The molecule has 0 spiro atoms. The summed E-state index contributed by atoms with van der Waals surface area (Å²) in [7, 11) is 3.08. The Morgan fingerprint density at radius 2 is 1.74 bits per heavy atom. The molecule has 1 amide bonds. The second-order valence-corrected chi connectivity index (χ2v) is 8.48. The number of allylic oxidation sites excluding steroid dienone is 1. The number of non-ortho nitro benzene ring substituents is 1. The number of nitro groups is 1. The fourth-order valence-corrected chi connectivity index (χ4v) is 4.44. The second kappa shape index (κ2) is 10.1. The number of carbonyl (C=O) groups excluding carboxylic acids is 1. The van der Waals surface area contributed by atoms with E-state index in [1.807, 2.05) is 18.2 Å². The van der Waals surface area contributed by atoms with Crippen LogP contribution in [-0.2, 0) is 4.79 Å². The SMILES string of the molecule is COc1ccccc1NC(=O)C1=C(C)Nc2nc(-c3ccccc3OC)nn2C1c1cccc([N+](=O)[O-])c1. The summed E-state index contributed by atoms with van der Waals surface area (Å²) in [5.74, 6) is 1.42. The highest BCUT2D eigenvalue weighted by Gasteiger charge is 2.35. The number of methoxy groups -OCH3 is 2. The van der Waals surface area contributed by atoms with Crippen LogP contribution >= 0.6 is 0 Å². The van der Waals surface area contributed by atoms with Crippen LogP contribution in [0, 0.1) is 10.1 Å². The average Bonchev–Trinajstić information content (AvgIpc) is 3.35. The Kier molecular flexibility index (Phi) is 6.48. The van der Waals surface area contributed by atoms with Gasteiger partial charge in [-0.05, 0) is 36.8 Å². The quantitative estimate of drug-likeness (QED) is 0.267. The van der Waals surface area contributed by atoms with Crippen molar-refractivity contribution in [3.63, 3.8) is 0 Å². The van der Waals surface area contributed by atoms with E-state index in [9.17, 15) is 14.9 Å². The minimum Gasteiger partial charge on any atom is -0.496 e. The molecule has 3 aromatic carbocycles. The van der Waals surface area contributed by atoms with Crippen LogP contribution in [0.15, 0.2) is 84.1 Å². The molecule has 1 aliphatic heterocycles. The summed E-state index contributed by atoms with van der Waals surface area (Å²) in [5, 5.41) is 22.4. The van der Waals surface area contributed by atoms with E-state index in [0.717, 1.165) is 0 Å². The second-order valence-electron chi connectivity index (χ2n) is 8.48. The molecule has 11 nitrogen and oxygen atoms in total. The zero-order valence-corrected chi connectivity index (χ0v) is 20.8. The molecule has 1 aliphatic rings. The molecule has 192 valence electrons. The standard InChI is InChI=1S/C27H24N6O5/c1-16-23(26(34)29-20-12-5-7-14-22(20)38-3)24(17-9-8-10-18(15-17)33(35)36)32-27(28-16)30-25(31-32)19-11-4-6-13-21(19)37-2/h4-15,24H,1-3H3,(H,29,34)(H,28,30,31). The topological polar surface area (TPSA) is 133 Å². The number of carbonyl (C=O) groups is 1. The molecule has 0 fully saturated rings. The Balaban J connectivity index is 1.64. The Morgan fingerprint density at radius 3 is 2.47 bits per heavy atom. The first-order valence-electron chi connectivity index (χ1n) is 11.7. The van der Waals surface area contributed by atoms with Gasteiger partial charge >= 0.3 is 0 Å². The van der Waals surface area contributed by atoms with Crippen molar-refractivity contribution in [2.45, 2.75) is 13.0 Å². The van der Waals surface area contributed by atoms with Gasteiger partial charge in [0.25, 0.3) is 11.6 Å². The van der Waals surface area contributed by atoms with Crippen LogP contribution in [0.5, 0.6) is 11.5 Å². The lowest BCUT2D eigenvalue weighted by Gasteiger charge is -2.28. The van der Waals surface area contributed by atoms with Gasteiger partial charge in [-0.3, -0.25) is 14.9 Å². The van der Waals surface area contributed by atoms with Crippen LogP contribution < -0.4 is 20.1 Å². The van der Waals surface area contributed by atoms with Crippen molar-refractivity contribution >= 4 is 23.2 Å². The number of hydrogen-bond acceptors (Lipinski definition) is 8. The molecular formula is C27H24N6O5. The van der Waals surface area contributed by atoms with Gasteiger partial charge in [-0.1, -0.05) is 36.4 Å². The minimum atomic E-state index is -0.809. The molecule has 0 radical (unpaired) electrons. The molecule has 4 aromatic rings. The zero-order chi connectivity index (χ0) is 26.8. The van der Waals surface area contributed by atoms with Crippen LogP contribution in [-0.4, -0.2) is 39.8 Å². The third kappa shape index (κ3) is 4.41. The molecular weight excluding hydrogens is 488 g/mol. The number of amides is 1. The largest absolute Gasteiger partial charge is 0.496 e. The predicted molar refractivity (Wildman–Crippen MR) is 141 cm³/mol. The van der Waals surface area contributed by atoms with Crippen molar-refractivity contribution in [1.82, 2.24) is 14.8 Å². The number of anilines is 2. The zero-order valence-electron chi connectivity index (χ0n) is 20.8. The monoisotopic (exact) mass is 512 g/mol. The molecule has 38 heavy (non-hydrogen) atoms. The fraction of sp³-hybridized carbons (Fsp3) is 0.148. The molecule has 1 aromatic heterocycles. The van der Waals surface area contributed by atoms with Crippen molar-refractivity contribution in [3.05, 3.63) is 99.7 Å². The number of rotatable bonds is 7. The maximum Gasteiger partial charge on any atom is 0.269 e. The van der Waals surface area contributed by atoms with Gasteiger partial charge in [0.05, 0.1) is 36.0 Å². The van der Waals surface area contributed by atoms with E-state index in [2.05, 4.69) is 15.6 Å². The summed E-state index contributed by atoms with van der Waals surface area (Å²) >= 11 is 0. The van der Waals surface area contributed by atoms with Gasteiger partial charge in [0, 0.05) is 17.8 Å². The maximum atomic E-state index is 13.8. The summed E-state index contributed by atoms with van der Waals surface area (Å²) in [4.78, 5) is 29.5. The first-order valence-corrected chi connectivity index (χ1v) is 11.7. The molecule has 2 N–H and O–H groups in total. The van der Waals surface area contributed by atoms with Crippen molar-refractivity contribution < 1.29 is 19.2 Å². The van der Waals surface area contributed by atoms with E-state index in [0.29, 0.717) is 51.4 Å². The first kappa shape index (κ1) is 24.5. The molecule has 0 aliphatic carbocycles. The van der Waals surface area contributed by atoms with Crippen LogP contribution in [0.3, 0.4) is 0 Å². The van der Waals surface area contributed by atoms with E-state index < -0.39 is 16.9 Å². The highest BCUT2D eigenvalue weighted by atomic mass is 16.6. The highest BCUT2D eigenvalue weighted by Crippen LogP contribution is 2.39. The average molecular weight is 513 g/mol. The first-order chi connectivity index (χ1) is 18.4.